The molecule has 0 fully saturated rings. The number of nitrogens with one attached hydrogen (secondary N) is 1. The Hall–Kier alpha value is -1.08. The largest absolute Gasteiger partial charge is 1.00 e. The van der Waals surface area contributed by atoms with Crippen LogP contribution >= 0.6 is 0 Å². The third-order valence-electron chi connectivity index (χ3n) is 1.89. The number of hydrogen-bond donors (Lipinski definition) is 2. The van der Waals surface area contributed by atoms with Gasteiger partial charge < -0.3 is 6.53 Å². The van der Waals surface area contributed by atoms with Crippen molar-refractivity contribution in [2.75, 3.05) is 7.05 Å². The molecule has 2 N–H and O–H groups in total. The van der Waals surface area contributed by atoms with Crippen LogP contribution in [-0.4, -0.2) is 31.5 Å². The van der Waals surface area contributed by atoms with E-state index in [4.69, 9.17) is 5.11 Å². The van der Waals surface area contributed by atoms with Gasteiger partial charge in [0.05, 0.1) is 4.90 Å². The number of carbonyl (C=O) groups is 1. The average molecular weight is 292 g/mol. The molecule has 0 aromatic carbocycles. The van der Waals surface area contributed by atoms with E-state index in [1.165, 1.54) is 0 Å². The normalized spacial score (nSPS) is 11.8. The number of carboxylic acids is 1. The SMILES string of the molecule is CNS(=O)(=O)c1cc(C(=O)O)nc(C(F)(F)F)c1.[H-].[Li+]. The third-order valence-corrected chi connectivity index (χ3v) is 3.28. The molecule has 19 heavy (non-hydrogen) atoms. The van der Waals surface area contributed by atoms with E-state index in [2.05, 4.69) is 4.98 Å². The topological polar surface area (TPSA) is 96.4 Å². The summed E-state index contributed by atoms with van der Waals surface area (Å²) in [5.41, 5.74) is -2.59. The first-order valence-electron chi connectivity index (χ1n) is 4.34. The summed E-state index contributed by atoms with van der Waals surface area (Å²) in [7, 11) is -3.20. The van der Waals surface area contributed by atoms with Gasteiger partial charge in [-0.25, -0.2) is 22.9 Å². The molecule has 1 aromatic rings. The number of hydrogen-bond acceptors (Lipinski definition) is 4. The van der Waals surface area contributed by atoms with Crippen LogP contribution in [0, 0.1) is 0 Å². The van der Waals surface area contributed by atoms with Crippen LogP contribution in [0.1, 0.15) is 17.6 Å². The average Bonchev–Trinajstić information content (AvgIpc) is 2.27. The zero-order valence-corrected chi connectivity index (χ0v) is 10.6. The quantitative estimate of drug-likeness (QED) is 0.618. The third kappa shape index (κ3) is 4.21. The molecule has 0 unspecified atom stereocenters. The molecule has 0 spiro atoms. The van der Waals surface area contributed by atoms with Gasteiger partial charge in [-0.3, -0.25) is 0 Å². The van der Waals surface area contributed by atoms with Gasteiger partial charge in [0.2, 0.25) is 10.0 Å². The van der Waals surface area contributed by atoms with E-state index >= 15 is 0 Å². The van der Waals surface area contributed by atoms with Gasteiger partial charge in [0.1, 0.15) is 11.4 Å². The molecule has 0 saturated carbocycles. The first-order chi connectivity index (χ1) is 8.08. The number of aromatic nitrogens is 1. The number of rotatable bonds is 3. The van der Waals surface area contributed by atoms with Crippen LogP contribution in [-0.2, 0) is 16.2 Å². The van der Waals surface area contributed by atoms with Gasteiger partial charge in [0.25, 0.3) is 0 Å². The van der Waals surface area contributed by atoms with Crippen molar-refractivity contribution in [3.8, 4) is 0 Å². The fraction of sp³-hybridized carbons (Fsp3) is 0.250. The zero-order valence-electron chi connectivity index (χ0n) is 10.8. The Kier molecular flexibility index (Phi) is 5.58. The maximum Gasteiger partial charge on any atom is 1.00 e. The van der Waals surface area contributed by atoms with Gasteiger partial charge in [-0.2, -0.15) is 13.2 Å². The fourth-order valence-electron chi connectivity index (χ4n) is 1.03. The van der Waals surface area contributed by atoms with E-state index in [0.29, 0.717) is 6.07 Å². The minimum Gasteiger partial charge on any atom is -1.00 e. The van der Waals surface area contributed by atoms with Crippen molar-refractivity contribution in [2.24, 2.45) is 0 Å². The Morgan fingerprint density at radius 2 is 1.95 bits per heavy atom. The number of carboxylic acid groups (broad SMARTS) is 1. The molecule has 0 aliphatic carbocycles. The van der Waals surface area contributed by atoms with Crippen molar-refractivity contribution in [2.45, 2.75) is 11.1 Å². The minimum atomic E-state index is -4.94. The molecule has 0 aliphatic rings. The molecule has 1 aromatic heterocycles. The van der Waals surface area contributed by atoms with Crippen molar-refractivity contribution in [1.82, 2.24) is 9.71 Å². The molecule has 0 aliphatic heterocycles. The Bertz CT molecular complexity index is 594. The molecule has 0 amide bonds. The molecule has 0 saturated heterocycles. The summed E-state index contributed by atoms with van der Waals surface area (Å²) in [5.74, 6) is -1.76. The van der Waals surface area contributed by atoms with Crippen molar-refractivity contribution in [3.63, 3.8) is 0 Å². The first kappa shape index (κ1) is 17.9. The number of alkyl halides is 3. The second-order valence-corrected chi connectivity index (χ2v) is 4.97. The van der Waals surface area contributed by atoms with Gasteiger partial charge in [0.15, 0.2) is 0 Å². The van der Waals surface area contributed by atoms with E-state index in [1.54, 1.807) is 4.72 Å². The van der Waals surface area contributed by atoms with Gasteiger partial charge in [0, 0.05) is 0 Å². The molecule has 0 radical (unpaired) electrons. The molecule has 102 valence electrons. The summed E-state index contributed by atoms with van der Waals surface area (Å²) < 4.78 is 61.8. The van der Waals surface area contributed by atoms with Crippen LogP contribution in [0.3, 0.4) is 0 Å². The summed E-state index contributed by atoms with van der Waals surface area (Å²) in [6, 6.07) is 0.807. The van der Waals surface area contributed by atoms with Gasteiger partial charge in [-0.1, -0.05) is 0 Å². The zero-order chi connectivity index (χ0) is 14.1. The van der Waals surface area contributed by atoms with Gasteiger partial charge in [-0.15, -0.1) is 0 Å². The Morgan fingerprint density at radius 1 is 1.42 bits per heavy atom. The van der Waals surface area contributed by atoms with Crippen molar-refractivity contribution in [1.29, 1.82) is 0 Å². The number of sulfonamides is 1. The predicted octanol–water partition coefficient (Wildman–Crippen LogP) is -2.18. The first-order valence-corrected chi connectivity index (χ1v) is 5.82. The Labute approximate surface area is 119 Å². The molecule has 0 atom stereocenters. The molecular formula is C8H8F3LiN2O4S. The summed E-state index contributed by atoms with van der Waals surface area (Å²) in [6.45, 7) is 0. The van der Waals surface area contributed by atoms with Crippen molar-refractivity contribution >= 4 is 16.0 Å². The van der Waals surface area contributed by atoms with Crippen LogP contribution in [0.2, 0.25) is 0 Å². The van der Waals surface area contributed by atoms with E-state index in [-0.39, 0.29) is 26.4 Å². The molecular weight excluding hydrogens is 284 g/mol. The second-order valence-electron chi connectivity index (χ2n) is 3.08. The molecule has 1 heterocycles. The molecule has 0 bridgehead atoms. The second kappa shape index (κ2) is 5.92. The maximum absolute atomic E-state index is 12.4. The Balaban J connectivity index is 0. The number of aromatic carboxylic acids is 1. The number of nitrogens with zero attached hydrogens (tertiary/aromatic N) is 1. The van der Waals surface area contributed by atoms with Crippen LogP contribution < -0.4 is 23.6 Å². The smallest absolute Gasteiger partial charge is 1.00 e. The van der Waals surface area contributed by atoms with Crippen LogP contribution in [0.5, 0.6) is 0 Å². The van der Waals surface area contributed by atoms with Crippen molar-refractivity contribution in [3.05, 3.63) is 23.5 Å². The molecule has 1 rings (SSSR count). The van der Waals surface area contributed by atoms with Crippen LogP contribution in [0.4, 0.5) is 13.2 Å². The van der Waals surface area contributed by atoms with Gasteiger partial charge >= 0.3 is 31.0 Å². The van der Waals surface area contributed by atoms with Crippen molar-refractivity contribution < 1.29 is 51.8 Å². The summed E-state index contributed by atoms with van der Waals surface area (Å²) in [4.78, 5) is 12.6. The summed E-state index contributed by atoms with van der Waals surface area (Å²) in [6.07, 6.45) is -4.94. The number of halogens is 3. The number of pyridine rings is 1. The minimum absolute atomic E-state index is 0. The standard InChI is InChI=1S/C8H7F3N2O4S.Li.H/c1-12-18(16,17)4-2-5(7(14)15)13-6(3-4)8(9,10)11;;/h2-3,12H,1H3,(H,14,15);;/q;+1;-1. The Morgan fingerprint density at radius 3 is 2.32 bits per heavy atom. The fourth-order valence-corrected chi connectivity index (χ4v) is 1.80. The predicted molar refractivity (Wildman–Crippen MR) is 53.6 cm³/mol. The van der Waals surface area contributed by atoms with Gasteiger partial charge in [-0.05, 0) is 19.2 Å². The maximum atomic E-state index is 12.4. The molecule has 11 heteroatoms. The van der Waals surface area contributed by atoms with E-state index in [9.17, 15) is 26.4 Å². The summed E-state index contributed by atoms with van der Waals surface area (Å²) in [5, 5.41) is 8.59. The van der Waals surface area contributed by atoms with Crippen LogP contribution in [0.25, 0.3) is 0 Å². The monoisotopic (exact) mass is 292 g/mol. The van der Waals surface area contributed by atoms with E-state index < -0.39 is 38.5 Å². The van der Waals surface area contributed by atoms with E-state index in [1.807, 2.05) is 0 Å². The van der Waals surface area contributed by atoms with E-state index in [0.717, 1.165) is 7.05 Å². The molecule has 6 nitrogen and oxygen atoms in total. The van der Waals surface area contributed by atoms with Crippen LogP contribution in [0.15, 0.2) is 17.0 Å². The summed E-state index contributed by atoms with van der Waals surface area (Å²) >= 11 is 0.